The number of rotatable bonds is 4. The molecular weight excluding hydrogens is 332 g/mol. The van der Waals surface area contributed by atoms with Gasteiger partial charge in [0.05, 0.1) is 5.52 Å². The van der Waals surface area contributed by atoms with Gasteiger partial charge in [-0.3, -0.25) is 0 Å². The van der Waals surface area contributed by atoms with Crippen molar-refractivity contribution < 1.29 is 0 Å². The first kappa shape index (κ1) is 17.8. The van der Waals surface area contributed by atoms with Crippen LogP contribution in [0.15, 0.2) is 42.5 Å². The van der Waals surface area contributed by atoms with Crippen molar-refractivity contribution in [1.29, 1.82) is 0 Å². The first-order chi connectivity index (χ1) is 13.1. The third-order valence-corrected chi connectivity index (χ3v) is 5.57. The third kappa shape index (κ3) is 3.90. The van der Waals surface area contributed by atoms with Crippen LogP contribution in [0.4, 0.5) is 11.8 Å². The van der Waals surface area contributed by atoms with E-state index >= 15 is 0 Å². The second-order valence-electron chi connectivity index (χ2n) is 7.92. The predicted octanol–water partition coefficient (Wildman–Crippen LogP) is 5.75. The molecule has 3 aromatic rings. The van der Waals surface area contributed by atoms with Crippen molar-refractivity contribution in [2.24, 2.45) is 0 Å². The van der Waals surface area contributed by atoms with Crippen LogP contribution in [0.1, 0.15) is 57.4 Å². The Balaban J connectivity index is 1.71. The molecule has 0 amide bonds. The van der Waals surface area contributed by atoms with Crippen molar-refractivity contribution >= 4 is 22.7 Å². The number of nitrogen functional groups attached to an aromatic ring is 1. The van der Waals surface area contributed by atoms with Crippen LogP contribution in [0, 0.1) is 0 Å². The summed E-state index contributed by atoms with van der Waals surface area (Å²) in [6.07, 6.45) is 6.29. The first-order valence-electron chi connectivity index (χ1n) is 10.0. The molecule has 2 aromatic carbocycles. The first-order valence-corrected chi connectivity index (χ1v) is 10.0. The number of hydrogen-bond donors (Lipinski definition) is 2. The Morgan fingerprint density at radius 3 is 2.33 bits per heavy atom. The molecular formula is C23H28N4. The summed E-state index contributed by atoms with van der Waals surface area (Å²) in [5.74, 6) is 1.73. The molecule has 0 saturated heterocycles. The summed E-state index contributed by atoms with van der Waals surface area (Å²) in [7, 11) is 0. The fourth-order valence-corrected chi connectivity index (χ4v) is 3.94. The highest BCUT2D eigenvalue weighted by atomic mass is 15.1. The number of nitrogens with two attached hydrogens (primary N) is 1. The molecule has 0 spiro atoms. The predicted molar refractivity (Wildman–Crippen MR) is 114 cm³/mol. The number of anilines is 2. The van der Waals surface area contributed by atoms with E-state index in [4.69, 9.17) is 5.73 Å². The van der Waals surface area contributed by atoms with Gasteiger partial charge in [-0.15, -0.1) is 0 Å². The van der Waals surface area contributed by atoms with E-state index in [9.17, 15) is 0 Å². The van der Waals surface area contributed by atoms with Crippen molar-refractivity contribution in [3.8, 4) is 11.1 Å². The van der Waals surface area contributed by atoms with Gasteiger partial charge in [-0.05, 0) is 47.6 Å². The van der Waals surface area contributed by atoms with E-state index in [1.165, 1.54) is 48.8 Å². The highest BCUT2D eigenvalue weighted by molar-refractivity contribution is 5.93. The summed E-state index contributed by atoms with van der Waals surface area (Å²) in [6.45, 7) is 4.44. The van der Waals surface area contributed by atoms with Crippen LogP contribution in [0.25, 0.3) is 22.0 Å². The molecule has 27 heavy (non-hydrogen) atoms. The van der Waals surface area contributed by atoms with E-state index in [2.05, 4.69) is 65.5 Å². The molecule has 4 rings (SSSR count). The second-order valence-corrected chi connectivity index (χ2v) is 7.92. The van der Waals surface area contributed by atoms with Crippen molar-refractivity contribution in [3.63, 3.8) is 0 Å². The van der Waals surface area contributed by atoms with Gasteiger partial charge in [0.25, 0.3) is 0 Å². The molecule has 3 N–H and O–H groups in total. The average molecular weight is 361 g/mol. The van der Waals surface area contributed by atoms with Crippen molar-refractivity contribution in [1.82, 2.24) is 9.97 Å². The third-order valence-electron chi connectivity index (χ3n) is 5.57. The topological polar surface area (TPSA) is 63.8 Å². The fourth-order valence-electron chi connectivity index (χ4n) is 3.94. The molecule has 4 heteroatoms. The van der Waals surface area contributed by atoms with Crippen molar-refractivity contribution in [2.45, 2.75) is 57.9 Å². The van der Waals surface area contributed by atoms with E-state index < -0.39 is 0 Å². The Bertz CT molecular complexity index is 925. The normalized spacial score (nSPS) is 15.4. The van der Waals surface area contributed by atoms with Gasteiger partial charge in [0, 0.05) is 11.4 Å². The Kier molecular flexibility index (Phi) is 4.97. The summed E-state index contributed by atoms with van der Waals surface area (Å²) in [5.41, 5.74) is 10.6. The summed E-state index contributed by atoms with van der Waals surface area (Å²) in [6, 6.07) is 15.6. The van der Waals surface area contributed by atoms with Crippen LogP contribution >= 0.6 is 0 Å². The lowest BCUT2D eigenvalue weighted by Gasteiger charge is -2.24. The Labute approximate surface area is 161 Å². The van der Waals surface area contributed by atoms with Gasteiger partial charge < -0.3 is 11.1 Å². The number of benzene rings is 2. The Morgan fingerprint density at radius 2 is 1.63 bits per heavy atom. The zero-order valence-corrected chi connectivity index (χ0v) is 16.2. The van der Waals surface area contributed by atoms with Crippen molar-refractivity contribution in [2.75, 3.05) is 11.1 Å². The summed E-state index contributed by atoms with van der Waals surface area (Å²) in [4.78, 5) is 8.95. The van der Waals surface area contributed by atoms with E-state index in [1.54, 1.807) is 0 Å². The second kappa shape index (κ2) is 7.55. The van der Waals surface area contributed by atoms with E-state index in [0.29, 0.717) is 17.9 Å². The quantitative estimate of drug-likeness (QED) is 0.622. The number of aromatic nitrogens is 2. The molecule has 0 atom stereocenters. The molecule has 1 aliphatic carbocycles. The molecule has 0 bridgehead atoms. The van der Waals surface area contributed by atoms with Gasteiger partial charge >= 0.3 is 0 Å². The van der Waals surface area contributed by atoms with Gasteiger partial charge in [0.2, 0.25) is 5.95 Å². The average Bonchev–Trinajstić information content (AvgIpc) is 2.68. The highest BCUT2D eigenvalue weighted by Crippen LogP contribution is 2.30. The lowest BCUT2D eigenvalue weighted by Crippen LogP contribution is -2.23. The number of nitrogens with zero attached hydrogens (tertiary/aromatic N) is 2. The van der Waals surface area contributed by atoms with E-state index in [0.717, 1.165) is 16.7 Å². The fraction of sp³-hybridized carbons (Fsp3) is 0.391. The molecule has 1 fully saturated rings. The highest BCUT2D eigenvalue weighted by Gasteiger charge is 2.16. The minimum atomic E-state index is 0.329. The lowest BCUT2D eigenvalue weighted by atomic mass is 9.95. The minimum Gasteiger partial charge on any atom is -0.368 e. The Hall–Kier alpha value is -2.62. The van der Waals surface area contributed by atoms with E-state index in [-0.39, 0.29) is 0 Å². The zero-order valence-electron chi connectivity index (χ0n) is 16.2. The molecule has 1 aromatic heterocycles. The van der Waals surface area contributed by atoms with Gasteiger partial charge in [0.15, 0.2) is 0 Å². The molecule has 0 aliphatic heterocycles. The maximum atomic E-state index is 5.96. The maximum absolute atomic E-state index is 5.96. The number of fused-ring (bicyclic) bond motifs is 1. The molecule has 0 radical (unpaired) electrons. The van der Waals surface area contributed by atoms with Gasteiger partial charge in [-0.1, -0.05) is 63.4 Å². The molecule has 1 heterocycles. The van der Waals surface area contributed by atoms with Crippen LogP contribution in [-0.2, 0) is 0 Å². The Morgan fingerprint density at radius 1 is 0.926 bits per heavy atom. The van der Waals surface area contributed by atoms with Gasteiger partial charge in [-0.2, -0.15) is 4.98 Å². The van der Waals surface area contributed by atoms with Crippen LogP contribution in [0.3, 0.4) is 0 Å². The minimum absolute atomic E-state index is 0.329. The maximum Gasteiger partial charge on any atom is 0.222 e. The largest absolute Gasteiger partial charge is 0.368 e. The SMILES string of the molecule is CC(C)c1ccc(-c2ccc3nc(N)nc(NC4CCCCC4)c3c2)cc1. The lowest BCUT2D eigenvalue weighted by molar-refractivity contribution is 0.462. The van der Waals surface area contributed by atoms with Crippen LogP contribution in [-0.4, -0.2) is 16.0 Å². The molecule has 1 aliphatic rings. The molecule has 1 saturated carbocycles. The number of nitrogens with one attached hydrogen (secondary N) is 1. The summed E-state index contributed by atoms with van der Waals surface area (Å²) >= 11 is 0. The summed E-state index contributed by atoms with van der Waals surface area (Å²) < 4.78 is 0. The van der Waals surface area contributed by atoms with Gasteiger partial charge in [-0.25, -0.2) is 4.98 Å². The van der Waals surface area contributed by atoms with Crippen LogP contribution < -0.4 is 11.1 Å². The van der Waals surface area contributed by atoms with Gasteiger partial charge in [0.1, 0.15) is 5.82 Å². The van der Waals surface area contributed by atoms with E-state index in [1.807, 2.05) is 6.07 Å². The number of hydrogen-bond acceptors (Lipinski definition) is 4. The monoisotopic (exact) mass is 360 g/mol. The summed E-state index contributed by atoms with van der Waals surface area (Å²) in [5, 5.41) is 4.68. The van der Waals surface area contributed by atoms with Crippen LogP contribution in [0.5, 0.6) is 0 Å². The van der Waals surface area contributed by atoms with Crippen molar-refractivity contribution in [3.05, 3.63) is 48.0 Å². The van der Waals surface area contributed by atoms with Crippen LogP contribution in [0.2, 0.25) is 0 Å². The molecule has 4 nitrogen and oxygen atoms in total. The zero-order chi connectivity index (χ0) is 18.8. The standard InChI is InChI=1S/C23H28N4/c1-15(2)16-8-10-17(11-9-16)18-12-13-21-20(14-18)22(27-23(24)26-21)25-19-6-4-3-5-7-19/h8-15,19H,3-7H2,1-2H3,(H3,24,25,26,27). The smallest absolute Gasteiger partial charge is 0.222 e. The molecule has 140 valence electrons. The molecule has 0 unspecified atom stereocenters.